The summed E-state index contributed by atoms with van der Waals surface area (Å²) in [5.74, 6) is 0.454. The lowest BCUT2D eigenvalue weighted by molar-refractivity contribution is -0.0517. The zero-order valence-electron chi connectivity index (χ0n) is 14.0. The van der Waals surface area contributed by atoms with Crippen LogP contribution in [0.15, 0.2) is 18.6 Å². The lowest BCUT2D eigenvalue weighted by Gasteiger charge is -2.38. The number of rotatable bonds is 1. The second-order valence-corrected chi connectivity index (χ2v) is 7.45. The Hall–Kier alpha value is -1.86. The fraction of sp³-hybridized carbons (Fsp3) is 0.562. The van der Waals surface area contributed by atoms with Crippen molar-refractivity contribution in [2.45, 2.75) is 44.8 Å². The summed E-state index contributed by atoms with van der Waals surface area (Å²) in [5.41, 5.74) is -1.21. The second-order valence-electron chi connectivity index (χ2n) is 7.09. The summed E-state index contributed by atoms with van der Waals surface area (Å²) in [6.45, 7) is 6.12. The van der Waals surface area contributed by atoms with Gasteiger partial charge in [0, 0.05) is 18.9 Å². The molecule has 1 aliphatic rings. The summed E-state index contributed by atoms with van der Waals surface area (Å²) in [4.78, 5) is 22.2. The molecule has 2 aromatic heterocycles. The Kier molecular flexibility index (Phi) is 4.17. The van der Waals surface area contributed by atoms with E-state index in [1.165, 1.54) is 4.90 Å². The molecule has 1 saturated heterocycles. The number of imidazole rings is 1. The predicted octanol–water partition coefficient (Wildman–Crippen LogP) is 2.60. The highest BCUT2D eigenvalue weighted by atomic mass is 35.5. The summed E-state index contributed by atoms with van der Waals surface area (Å²) in [7, 11) is 0. The van der Waals surface area contributed by atoms with E-state index in [4.69, 9.17) is 16.3 Å². The van der Waals surface area contributed by atoms with Gasteiger partial charge in [-0.05, 0) is 33.6 Å². The molecule has 8 heteroatoms. The molecule has 1 aliphatic heterocycles. The summed E-state index contributed by atoms with van der Waals surface area (Å²) >= 11 is 6.07. The van der Waals surface area contributed by atoms with Gasteiger partial charge in [-0.2, -0.15) is 0 Å². The number of halogens is 1. The molecule has 0 aliphatic carbocycles. The van der Waals surface area contributed by atoms with Crippen molar-refractivity contribution in [3.63, 3.8) is 0 Å². The number of β-amino-alcohol motifs (C(OH)–C–C–N with tert-alkyl or cyclic N) is 1. The first-order valence-corrected chi connectivity index (χ1v) is 8.26. The molecule has 0 bridgehead atoms. The van der Waals surface area contributed by atoms with Crippen molar-refractivity contribution in [1.29, 1.82) is 0 Å². The first kappa shape index (κ1) is 17.0. The molecule has 1 amide bonds. The number of carbonyl (C=O) groups is 1. The van der Waals surface area contributed by atoms with Crippen molar-refractivity contribution >= 4 is 23.2 Å². The third kappa shape index (κ3) is 3.18. The van der Waals surface area contributed by atoms with Crippen molar-refractivity contribution in [2.75, 3.05) is 13.1 Å². The van der Waals surface area contributed by atoms with Crippen LogP contribution in [0.2, 0.25) is 5.15 Å². The lowest BCUT2D eigenvalue weighted by atomic mass is 9.92. The highest BCUT2D eigenvalue weighted by Crippen LogP contribution is 2.32. The molecule has 1 atom stereocenters. The fourth-order valence-corrected chi connectivity index (χ4v) is 3.14. The van der Waals surface area contributed by atoms with E-state index >= 15 is 0 Å². The Morgan fingerprint density at radius 3 is 2.88 bits per heavy atom. The molecule has 130 valence electrons. The third-order valence-corrected chi connectivity index (χ3v) is 4.24. The van der Waals surface area contributed by atoms with Gasteiger partial charge < -0.3 is 14.7 Å². The number of piperidine rings is 1. The van der Waals surface area contributed by atoms with E-state index in [1.54, 1.807) is 23.0 Å². The average molecular weight is 353 g/mol. The predicted molar refractivity (Wildman–Crippen MR) is 88.9 cm³/mol. The molecule has 3 heterocycles. The largest absolute Gasteiger partial charge is 0.444 e. The minimum absolute atomic E-state index is 0.126. The molecular formula is C16H21ClN4O3. The number of fused-ring (bicyclic) bond motifs is 1. The van der Waals surface area contributed by atoms with E-state index in [0.717, 1.165) is 0 Å². The summed E-state index contributed by atoms with van der Waals surface area (Å²) in [6.07, 6.45) is 5.57. The van der Waals surface area contributed by atoms with E-state index in [0.29, 0.717) is 35.9 Å². The molecule has 1 fully saturated rings. The molecule has 0 spiro atoms. The number of aromatic nitrogens is 3. The highest BCUT2D eigenvalue weighted by molar-refractivity contribution is 6.32. The van der Waals surface area contributed by atoms with Crippen molar-refractivity contribution in [3.8, 4) is 0 Å². The van der Waals surface area contributed by atoms with Crippen LogP contribution in [0.25, 0.3) is 5.52 Å². The van der Waals surface area contributed by atoms with Crippen LogP contribution in [0.5, 0.6) is 0 Å². The molecule has 1 unspecified atom stereocenters. The Balaban J connectivity index is 1.89. The minimum Gasteiger partial charge on any atom is -0.444 e. The van der Waals surface area contributed by atoms with E-state index in [9.17, 15) is 9.90 Å². The Morgan fingerprint density at radius 1 is 1.42 bits per heavy atom. The first-order chi connectivity index (χ1) is 11.2. The number of aliphatic hydroxyl groups is 1. The topological polar surface area (TPSA) is 80.0 Å². The van der Waals surface area contributed by atoms with Crippen LogP contribution >= 0.6 is 11.6 Å². The highest BCUT2D eigenvalue weighted by Gasteiger charge is 2.41. The smallest absolute Gasteiger partial charge is 0.410 e. The maximum Gasteiger partial charge on any atom is 0.410 e. The van der Waals surface area contributed by atoms with E-state index in [-0.39, 0.29) is 6.54 Å². The van der Waals surface area contributed by atoms with Crippen molar-refractivity contribution in [2.24, 2.45) is 0 Å². The number of hydrogen-bond donors (Lipinski definition) is 1. The first-order valence-electron chi connectivity index (χ1n) is 7.88. The van der Waals surface area contributed by atoms with Gasteiger partial charge in [0.15, 0.2) is 5.15 Å². The molecule has 2 aromatic rings. The van der Waals surface area contributed by atoms with Crippen LogP contribution in [0, 0.1) is 0 Å². The van der Waals surface area contributed by atoms with Gasteiger partial charge in [0.1, 0.15) is 22.5 Å². The number of ether oxygens (including phenoxy) is 1. The number of amides is 1. The zero-order chi connectivity index (χ0) is 17.5. The van der Waals surface area contributed by atoms with Crippen molar-refractivity contribution in [1.82, 2.24) is 19.3 Å². The molecule has 0 radical (unpaired) electrons. The van der Waals surface area contributed by atoms with Crippen molar-refractivity contribution < 1.29 is 14.6 Å². The van der Waals surface area contributed by atoms with E-state index in [1.807, 2.05) is 20.8 Å². The minimum atomic E-state index is -1.26. The van der Waals surface area contributed by atoms with Gasteiger partial charge in [-0.25, -0.2) is 14.8 Å². The number of likely N-dealkylation sites (tertiary alicyclic amines) is 1. The molecule has 3 rings (SSSR count). The maximum absolute atomic E-state index is 12.3. The Bertz CT molecular complexity index is 770. The van der Waals surface area contributed by atoms with Gasteiger partial charge in [-0.3, -0.25) is 4.40 Å². The summed E-state index contributed by atoms with van der Waals surface area (Å²) < 4.78 is 7.13. The van der Waals surface area contributed by atoms with E-state index in [2.05, 4.69) is 9.97 Å². The van der Waals surface area contributed by atoms with Crippen LogP contribution in [-0.4, -0.2) is 49.2 Å². The van der Waals surface area contributed by atoms with Gasteiger partial charge in [-0.15, -0.1) is 0 Å². The summed E-state index contributed by atoms with van der Waals surface area (Å²) in [6, 6.07) is 0. The number of hydrogen-bond acceptors (Lipinski definition) is 5. The Labute approximate surface area is 145 Å². The molecule has 7 nitrogen and oxygen atoms in total. The van der Waals surface area contributed by atoms with Crippen LogP contribution < -0.4 is 0 Å². The monoisotopic (exact) mass is 352 g/mol. The van der Waals surface area contributed by atoms with Crippen molar-refractivity contribution in [3.05, 3.63) is 29.6 Å². The number of carbonyl (C=O) groups excluding carboxylic acids is 1. The fourth-order valence-electron chi connectivity index (χ4n) is 2.94. The van der Waals surface area contributed by atoms with Gasteiger partial charge in [0.2, 0.25) is 0 Å². The van der Waals surface area contributed by atoms with E-state index < -0.39 is 17.3 Å². The number of nitrogens with zero attached hydrogens (tertiary/aromatic N) is 4. The van der Waals surface area contributed by atoms with Gasteiger partial charge in [0.25, 0.3) is 0 Å². The molecular weight excluding hydrogens is 332 g/mol. The van der Waals surface area contributed by atoms with Gasteiger partial charge in [-0.1, -0.05) is 11.6 Å². The van der Waals surface area contributed by atoms with Crippen LogP contribution in [0.4, 0.5) is 4.79 Å². The molecule has 24 heavy (non-hydrogen) atoms. The normalized spacial score (nSPS) is 22.0. The molecule has 1 N–H and O–H groups in total. The van der Waals surface area contributed by atoms with Gasteiger partial charge in [0.05, 0.1) is 12.7 Å². The van der Waals surface area contributed by atoms with Crippen LogP contribution in [0.1, 0.15) is 39.4 Å². The second kappa shape index (κ2) is 5.89. The standard InChI is InChI=1S/C16H21ClN4O3/c1-15(2,3)24-14(22)20-7-4-5-16(23,10-20)13-19-9-11-12(17)18-6-8-21(11)13/h6,8-9,23H,4-5,7,10H2,1-3H3. The van der Waals surface area contributed by atoms with Crippen LogP contribution in [0.3, 0.4) is 0 Å². The lowest BCUT2D eigenvalue weighted by Crippen LogP contribution is -2.50. The van der Waals surface area contributed by atoms with Crippen LogP contribution in [-0.2, 0) is 10.3 Å². The summed E-state index contributed by atoms with van der Waals surface area (Å²) in [5, 5.41) is 11.5. The quantitative estimate of drug-likeness (QED) is 0.853. The third-order valence-electron chi connectivity index (χ3n) is 3.95. The maximum atomic E-state index is 12.3. The Morgan fingerprint density at radius 2 is 2.17 bits per heavy atom. The zero-order valence-corrected chi connectivity index (χ0v) is 14.7. The van der Waals surface area contributed by atoms with Gasteiger partial charge >= 0.3 is 6.09 Å². The molecule has 0 saturated carbocycles. The average Bonchev–Trinajstić information content (AvgIpc) is 2.92. The SMILES string of the molecule is CC(C)(C)OC(=O)N1CCCC(O)(c2ncc3c(Cl)nccn23)C1. The molecule has 0 aromatic carbocycles.